The topological polar surface area (TPSA) is 20.2 Å². The molecule has 0 aliphatic rings. The quantitative estimate of drug-likeness (QED) is 0.551. The third kappa shape index (κ3) is 9.31. The van der Waals surface area contributed by atoms with Gasteiger partial charge in [0, 0.05) is 6.42 Å². The highest BCUT2D eigenvalue weighted by Crippen LogP contribution is 2.12. The molecule has 0 fully saturated rings. The van der Waals surface area contributed by atoms with Crippen LogP contribution in [0.25, 0.3) is 0 Å². The van der Waals surface area contributed by atoms with Crippen LogP contribution in [0.5, 0.6) is 0 Å². The highest BCUT2D eigenvalue weighted by molar-refractivity contribution is 5.14. The normalized spacial score (nSPS) is 14.2. The van der Waals surface area contributed by atoms with Crippen molar-refractivity contribution in [3.05, 3.63) is 23.8 Å². The highest BCUT2D eigenvalue weighted by atomic mass is 16.3. The average Bonchev–Trinajstić information content (AvgIpc) is 2.11. The van der Waals surface area contributed by atoms with E-state index in [4.69, 9.17) is 0 Å². The van der Waals surface area contributed by atoms with Gasteiger partial charge in [-0.05, 0) is 40.5 Å². The van der Waals surface area contributed by atoms with Gasteiger partial charge in [-0.3, -0.25) is 0 Å². The van der Waals surface area contributed by atoms with Gasteiger partial charge in [-0.2, -0.15) is 0 Å². The van der Waals surface area contributed by atoms with Crippen LogP contribution >= 0.6 is 0 Å². The molecule has 0 amide bonds. The van der Waals surface area contributed by atoms with E-state index < -0.39 is 5.60 Å². The number of hydrogen-bond acceptors (Lipinski definition) is 1. The number of hydrogen-bond donors (Lipinski definition) is 1. The van der Waals surface area contributed by atoms with E-state index in [-0.39, 0.29) is 0 Å². The van der Waals surface area contributed by atoms with Gasteiger partial charge in [0.2, 0.25) is 0 Å². The fourth-order valence-corrected chi connectivity index (χ4v) is 1.12. The molecule has 0 aliphatic carbocycles. The van der Waals surface area contributed by atoms with Crippen LogP contribution in [-0.4, -0.2) is 10.7 Å². The Morgan fingerprint density at radius 2 is 2.07 bits per heavy atom. The monoisotopic (exact) mass is 206 g/mol. The van der Waals surface area contributed by atoms with Crippen molar-refractivity contribution in [1.29, 1.82) is 0 Å². The lowest BCUT2D eigenvalue weighted by Crippen LogP contribution is -2.20. The molecule has 0 aromatic rings. The molecule has 0 aliphatic heterocycles. The maximum absolute atomic E-state index is 9.90. The molecule has 1 heteroatoms. The lowest BCUT2D eigenvalue weighted by atomic mass is 10.00. The third-order valence-corrected chi connectivity index (χ3v) is 2.00. The summed E-state index contributed by atoms with van der Waals surface area (Å²) in [5, 5.41) is 9.90. The summed E-state index contributed by atoms with van der Waals surface area (Å²) >= 11 is 0. The van der Waals surface area contributed by atoms with Crippen LogP contribution in [0.1, 0.15) is 47.0 Å². The van der Waals surface area contributed by atoms with Crippen molar-refractivity contribution in [1.82, 2.24) is 0 Å². The molecule has 15 heavy (non-hydrogen) atoms. The van der Waals surface area contributed by atoms with Gasteiger partial charge in [0.1, 0.15) is 5.60 Å². The minimum Gasteiger partial charge on any atom is -0.378 e. The zero-order valence-electron chi connectivity index (χ0n) is 10.3. The zero-order chi connectivity index (χ0) is 11.7. The van der Waals surface area contributed by atoms with Crippen LogP contribution in [-0.2, 0) is 0 Å². The van der Waals surface area contributed by atoms with Gasteiger partial charge in [0.05, 0.1) is 0 Å². The van der Waals surface area contributed by atoms with Crippen LogP contribution in [0.4, 0.5) is 0 Å². The number of allylic oxidation sites excluding steroid dienone is 4. The van der Waals surface area contributed by atoms with Crippen LogP contribution in [0.3, 0.4) is 0 Å². The fraction of sp³-hybridized carbons (Fsp3) is 0.571. The lowest BCUT2D eigenvalue weighted by Gasteiger charge is -2.14. The molecule has 1 N–H and O–H groups in total. The molecule has 0 heterocycles. The maximum atomic E-state index is 9.90. The van der Waals surface area contributed by atoms with E-state index in [1.807, 2.05) is 19.1 Å². The van der Waals surface area contributed by atoms with Gasteiger partial charge >= 0.3 is 0 Å². The van der Waals surface area contributed by atoms with E-state index in [2.05, 4.69) is 31.8 Å². The molecule has 0 saturated heterocycles. The molecule has 0 aromatic heterocycles. The summed E-state index contributed by atoms with van der Waals surface area (Å²) in [6, 6.07) is 0. The third-order valence-electron chi connectivity index (χ3n) is 2.00. The first-order chi connectivity index (χ1) is 6.98. The summed E-state index contributed by atoms with van der Waals surface area (Å²) in [6.45, 7) is 7.86. The molecule has 1 nitrogen and oxygen atoms in total. The Morgan fingerprint density at radius 3 is 2.60 bits per heavy atom. The molecule has 84 valence electrons. The smallest absolute Gasteiger partial charge is 0.123 e. The Morgan fingerprint density at radius 1 is 1.40 bits per heavy atom. The maximum Gasteiger partial charge on any atom is 0.123 e. The predicted molar refractivity (Wildman–Crippen MR) is 66.5 cm³/mol. The number of aliphatic hydroxyl groups is 1. The molecular formula is C14H22O. The van der Waals surface area contributed by atoms with E-state index in [0.717, 1.165) is 12.8 Å². The summed E-state index contributed by atoms with van der Waals surface area (Å²) in [6.07, 6.45) is 8.37. The Kier molecular flexibility index (Phi) is 6.83. The Balaban J connectivity index is 4.04. The van der Waals surface area contributed by atoms with Crippen molar-refractivity contribution < 1.29 is 5.11 Å². The van der Waals surface area contributed by atoms with Crippen molar-refractivity contribution >= 4 is 0 Å². The Hall–Kier alpha value is -1.00. The molecular weight excluding hydrogens is 184 g/mol. The van der Waals surface area contributed by atoms with Crippen LogP contribution in [0.2, 0.25) is 0 Å². The van der Waals surface area contributed by atoms with Gasteiger partial charge in [-0.25, -0.2) is 0 Å². The summed E-state index contributed by atoms with van der Waals surface area (Å²) in [5.74, 6) is 5.85. The summed E-state index contributed by atoms with van der Waals surface area (Å²) < 4.78 is 0. The van der Waals surface area contributed by atoms with Crippen LogP contribution in [0.15, 0.2) is 23.8 Å². The van der Waals surface area contributed by atoms with Crippen molar-refractivity contribution in [2.24, 2.45) is 0 Å². The molecule has 0 radical (unpaired) electrons. The van der Waals surface area contributed by atoms with Crippen LogP contribution in [0, 0.1) is 11.8 Å². The highest BCUT2D eigenvalue weighted by Gasteiger charge is 2.14. The van der Waals surface area contributed by atoms with E-state index in [9.17, 15) is 5.11 Å². The lowest BCUT2D eigenvalue weighted by molar-refractivity contribution is 0.113. The predicted octanol–water partition coefficient (Wildman–Crippen LogP) is 3.45. The first kappa shape index (κ1) is 14.0. The van der Waals surface area contributed by atoms with Crippen molar-refractivity contribution in [3.63, 3.8) is 0 Å². The van der Waals surface area contributed by atoms with E-state index in [1.54, 1.807) is 6.92 Å². The molecule has 1 atom stereocenters. The largest absolute Gasteiger partial charge is 0.378 e. The molecule has 1 unspecified atom stereocenters. The molecule has 0 saturated carbocycles. The van der Waals surface area contributed by atoms with Crippen molar-refractivity contribution in [2.45, 2.75) is 52.6 Å². The summed E-state index contributed by atoms with van der Waals surface area (Å²) in [7, 11) is 0. The van der Waals surface area contributed by atoms with Gasteiger partial charge < -0.3 is 5.11 Å². The fourth-order valence-electron chi connectivity index (χ4n) is 1.12. The zero-order valence-corrected chi connectivity index (χ0v) is 10.3. The van der Waals surface area contributed by atoms with E-state index in [1.165, 1.54) is 5.57 Å². The van der Waals surface area contributed by atoms with E-state index in [0.29, 0.717) is 6.42 Å². The minimum atomic E-state index is -0.854. The minimum absolute atomic E-state index is 0.695. The average molecular weight is 206 g/mol. The second-order valence-electron chi connectivity index (χ2n) is 4.17. The summed E-state index contributed by atoms with van der Waals surface area (Å²) in [5.41, 5.74) is 0.431. The van der Waals surface area contributed by atoms with Gasteiger partial charge in [-0.1, -0.05) is 35.6 Å². The molecule has 0 spiro atoms. The van der Waals surface area contributed by atoms with Crippen molar-refractivity contribution in [3.8, 4) is 11.8 Å². The van der Waals surface area contributed by atoms with Gasteiger partial charge in [-0.15, -0.1) is 0 Å². The second kappa shape index (κ2) is 7.31. The Labute approximate surface area is 93.9 Å². The number of rotatable bonds is 4. The molecule has 0 aromatic carbocycles. The second-order valence-corrected chi connectivity index (χ2v) is 4.17. The first-order valence-corrected chi connectivity index (χ1v) is 5.45. The van der Waals surface area contributed by atoms with Gasteiger partial charge in [0.25, 0.3) is 0 Å². The van der Waals surface area contributed by atoms with E-state index >= 15 is 0 Å². The Bertz CT molecular complexity index is 280. The SMILES string of the molecule is CC=CCC#CC(C)(O)CCC=C(C)C. The molecule has 0 rings (SSSR count). The standard InChI is InChI=1S/C14H22O/c1-5-6-7-8-11-14(4,15)12-9-10-13(2)3/h5-6,10,15H,7,9,12H2,1-4H3. The van der Waals surface area contributed by atoms with Gasteiger partial charge in [0.15, 0.2) is 0 Å². The first-order valence-electron chi connectivity index (χ1n) is 5.45. The molecule has 0 bridgehead atoms. The van der Waals surface area contributed by atoms with Crippen molar-refractivity contribution in [2.75, 3.05) is 0 Å². The summed E-state index contributed by atoms with van der Waals surface area (Å²) in [4.78, 5) is 0. The van der Waals surface area contributed by atoms with Crippen LogP contribution < -0.4 is 0 Å².